The van der Waals surface area contributed by atoms with Gasteiger partial charge in [0.1, 0.15) is 24.4 Å². The number of nitrogens with one attached hydrogen (secondary N) is 1. The quantitative estimate of drug-likeness (QED) is 0.0251. The van der Waals surface area contributed by atoms with Gasteiger partial charge >= 0.3 is 10.4 Å². The Morgan fingerprint density at radius 2 is 0.817 bits per heavy atom. The summed E-state index contributed by atoms with van der Waals surface area (Å²) in [6.45, 7) is 3.51. The Balaban J connectivity index is 2.31. The van der Waals surface area contributed by atoms with Crippen LogP contribution in [0.5, 0.6) is 0 Å². The molecule has 12 nitrogen and oxygen atoms in total. The largest absolute Gasteiger partial charge is 0.397 e. The minimum atomic E-state index is -5.08. The van der Waals surface area contributed by atoms with Crippen molar-refractivity contribution in [3.63, 3.8) is 0 Å². The van der Waals surface area contributed by atoms with Gasteiger partial charge in [-0.1, -0.05) is 290 Å². The summed E-state index contributed by atoms with van der Waals surface area (Å²) in [6.07, 6.45) is 48.2. The lowest BCUT2D eigenvalue weighted by atomic mass is 9.99. The lowest BCUT2D eigenvalue weighted by Gasteiger charge is -2.41. The van der Waals surface area contributed by atoms with Crippen LogP contribution in [0.25, 0.3) is 0 Å². The van der Waals surface area contributed by atoms with Gasteiger partial charge in [-0.2, -0.15) is 8.42 Å². The molecule has 1 heterocycles. The van der Waals surface area contributed by atoms with Gasteiger partial charge in [-0.05, 0) is 12.8 Å². The number of amides is 1. The first kappa shape index (κ1) is 68.1. The highest BCUT2D eigenvalue weighted by molar-refractivity contribution is 7.80. The van der Waals surface area contributed by atoms with Gasteiger partial charge in [-0.15, -0.1) is 0 Å². The zero-order chi connectivity index (χ0) is 51.9. The van der Waals surface area contributed by atoms with Gasteiger partial charge < -0.3 is 35.2 Å². The van der Waals surface area contributed by atoms with E-state index < -0.39 is 59.9 Å². The second-order valence-electron chi connectivity index (χ2n) is 21.7. The fourth-order valence-electron chi connectivity index (χ4n) is 10.2. The molecule has 0 aromatic rings. The molecule has 0 saturated carbocycles. The van der Waals surface area contributed by atoms with Gasteiger partial charge in [0, 0.05) is 6.42 Å². The fourth-order valence-corrected chi connectivity index (χ4v) is 10.7. The van der Waals surface area contributed by atoms with E-state index in [9.17, 15) is 38.2 Å². The van der Waals surface area contributed by atoms with Crippen LogP contribution in [0.2, 0.25) is 0 Å². The molecule has 0 radical (unpaired) electrons. The zero-order valence-electron chi connectivity index (χ0n) is 46.1. The SMILES string of the molecule is CCCCCCCCCCCCCCCCCCCCCCCCCCC(=O)NC(COC1OC(CO)C(O)C(OS(=O)(=O)O)C1O)C(O)CCCCCCCCCCCCCCCCCCCCCC. The van der Waals surface area contributed by atoms with Gasteiger partial charge in [0.25, 0.3) is 0 Å². The maximum atomic E-state index is 13.2. The van der Waals surface area contributed by atoms with Gasteiger partial charge in [0.05, 0.1) is 25.4 Å². The lowest BCUT2D eigenvalue weighted by molar-refractivity contribution is -0.298. The molecule has 1 rings (SSSR count). The third-order valence-corrected chi connectivity index (χ3v) is 15.4. The number of carbonyl (C=O) groups excluding carboxylic acids is 1. The van der Waals surface area contributed by atoms with Gasteiger partial charge in [0.15, 0.2) is 6.29 Å². The third-order valence-electron chi connectivity index (χ3n) is 14.9. The van der Waals surface area contributed by atoms with Crippen molar-refractivity contribution in [3.05, 3.63) is 0 Å². The summed E-state index contributed by atoms with van der Waals surface area (Å²) in [5.41, 5.74) is 0. The second kappa shape index (κ2) is 48.7. The van der Waals surface area contributed by atoms with Crippen molar-refractivity contribution < 1.29 is 51.8 Å². The molecule has 1 fully saturated rings. The van der Waals surface area contributed by atoms with Crippen LogP contribution in [0.4, 0.5) is 0 Å². The number of aliphatic hydroxyl groups is 4. The van der Waals surface area contributed by atoms with Crippen LogP contribution in [-0.2, 0) is 28.9 Å². The third kappa shape index (κ3) is 41.0. The van der Waals surface area contributed by atoms with E-state index in [2.05, 4.69) is 23.3 Å². The van der Waals surface area contributed by atoms with E-state index in [1.165, 1.54) is 231 Å². The molecule has 6 N–H and O–H groups in total. The molecule has 0 aromatic carbocycles. The van der Waals surface area contributed by atoms with Crippen LogP contribution in [0.1, 0.15) is 309 Å². The standard InChI is InChI=1S/C58H115NO11S/c1-3-5-7-9-11-13-15-17-19-21-23-25-26-27-28-30-32-34-36-38-40-42-44-46-48-54(62)59-51(50-68-58-56(64)57(70-71(65,66)67)55(63)53(49-60)69-58)52(61)47-45-43-41-39-37-35-33-31-29-24-22-20-18-16-14-12-10-8-6-4-2/h51-53,55-58,60-61,63-64H,3-50H2,1-2H3,(H,59,62)(H,65,66,67). The number of carbonyl (C=O) groups is 1. The smallest absolute Gasteiger partial charge is 0.394 e. The van der Waals surface area contributed by atoms with E-state index in [0.29, 0.717) is 12.8 Å². The monoisotopic (exact) mass is 1030 g/mol. The number of unbranched alkanes of at least 4 members (excludes halogenated alkanes) is 42. The number of hydrogen-bond acceptors (Lipinski definition) is 10. The lowest BCUT2D eigenvalue weighted by Crippen LogP contribution is -2.61. The Morgan fingerprint density at radius 3 is 1.13 bits per heavy atom. The molecule has 7 atom stereocenters. The second-order valence-corrected chi connectivity index (χ2v) is 22.7. The fraction of sp³-hybridized carbons (Fsp3) is 0.983. The summed E-state index contributed by atoms with van der Waals surface area (Å²) in [5, 5.41) is 45.2. The minimum absolute atomic E-state index is 0.221. The van der Waals surface area contributed by atoms with Crippen molar-refractivity contribution in [1.29, 1.82) is 0 Å². The van der Waals surface area contributed by atoms with E-state index >= 15 is 0 Å². The van der Waals surface area contributed by atoms with E-state index in [0.717, 1.165) is 51.4 Å². The Morgan fingerprint density at radius 1 is 0.507 bits per heavy atom. The van der Waals surface area contributed by atoms with Crippen molar-refractivity contribution in [2.24, 2.45) is 0 Å². The predicted octanol–water partition coefficient (Wildman–Crippen LogP) is 14.5. The first-order chi connectivity index (χ1) is 34.5. The summed E-state index contributed by atoms with van der Waals surface area (Å²) in [6, 6.07) is -0.853. The number of rotatable bonds is 54. The van der Waals surface area contributed by atoms with Crippen LogP contribution in [0.3, 0.4) is 0 Å². The van der Waals surface area contributed by atoms with E-state index in [4.69, 9.17) is 9.47 Å². The van der Waals surface area contributed by atoms with Crippen molar-refractivity contribution in [2.45, 2.75) is 352 Å². The molecule has 0 spiro atoms. The van der Waals surface area contributed by atoms with Crippen LogP contribution in [-0.4, -0.2) is 95.4 Å². The summed E-state index contributed by atoms with van der Waals surface area (Å²) in [5.74, 6) is -0.221. The van der Waals surface area contributed by atoms with Gasteiger partial charge in [-0.3, -0.25) is 9.35 Å². The Kier molecular flexibility index (Phi) is 46.7. The van der Waals surface area contributed by atoms with E-state index in [1.54, 1.807) is 0 Å². The first-order valence-electron chi connectivity index (χ1n) is 30.4. The van der Waals surface area contributed by atoms with Crippen molar-refractivity contribution in [2.75, 3.05) is 13.2 Å². The van der Waals surface area contributed by atoms with Crippen LogP contribution in [0, 0.1) is 0 Å². The number of ether oxygens (including phenoxy) is 2. The molecule has 424 valence electrons. The molecule has 1 amide bonds. The van der Waals surface area contributed by atoms with Crippen LogP contribution >= 0.6 is 0 Å². The predicted molar refractivity (Wildman–Crippen MR) is 292 cm³/mol. The van der Waals surface area contributed by atoms with Gasteiger partial charge in [0.2, 0.25) is 5.91 Å². The highest BCUT2D eigenvalue weighted by Gasteiger charge is 2.48. The highest BCUT2D eigenvalue weighted by Crippen LogP contribution is 2.26. The Hall–Kier alpha value is -0.900. The summed E-state index contributed by atoms with van der Waals surface area (Å²) < 4.78 is 48.0. The summed E-state index contributed by atoms with van der Waals surface area (Å²) in [7, 11) is -5.08. The van der Waals surface area contributed by atoms with Crippen molar-refractivity contribution in [3.8, 4) is 0 Å². The summed E-state index contributed by atoms with van der Waals surface area (Å²) >= 11 is 0. The molecular weight excluding hydrogens is 919 g/mol. The number of hydrogen-bond donors (Lipinski definition) is 6. The molecule has 13 heteroatoms. The van der Waals surface area contributed by atoms with Crippen LogP contribution in [0.15, 0.2) is 0 Å². The maximum Gasteiger partial charge on any atom is 0.397 e. The molecule has 1 aliphatic heterocycles. The molecule has 0 bridgehead atoms. The normalized spacial score (nSPS) is 19.3. The molecule has 7 unspecified atom stereocenters. The Bertz CT molecular complexity index is 1260. The Labute approximate surface area is 437 Å². The zero-order valence-corrected chi connectivity index (χ0v) is 46.9. The number of aliphatic hydroxyl groups excluding tert-OH is 4. The molecule has 71 heavy (non-hydrogen) atoms. The average molecular weight is 1030 g/mol. The molecule has 1 aliphatic rings. The topological polar surface area (TPSA) is 192 Å². The molecule has 0 aromatic heterocycles. The minimum Gasteiger partial charge on any atom is -0.394 e. The molecular formula is C58H115NO11S. The summed E-state index contributed by atoms with van der Waals surface area (Å²) in [4.78, 5) is 13.2. The molecule has 1 saturated heterocycles. The maximum absolute atomic E-state index is 13.2. The van der Waals surface area contributed by atoms with E-state index in [1.807, 2.05) is 0 Å². The van der Waals surface area contributed by atoms with Crippen molar-refractivity contribution >= 4 is 16.3 Å². The highest BCUT2D eigenvalue weighted by atomic mass is 32.3. The molecule has 0 aliphatic carbocycles. The first-order valence-corrected chi connectivity index (χ1v) is 31.8. The average Bonchev–Trinajstić information content (AvgIpc) is 3.34. The van der Waals surface area contributed by atoms with Gasteiger partial charge in [-0.25, -0.2) is 4.18 Å². The van der Waals surface area contributed by atoms with E-state index in [-0.39, 0.29) is 12.5 Å². The van der Waals surface area contributed by atoms with Crippen LogP contribution < -0.4 is 5.32 Å². The van der Waals surface area contributed by atoms with Crippen molar-refractivity contribution in [1.82, 2.24) is 5.32 Å².